The SMILES string of the molecule is CCN(C(=O)c1csc(-c2ccccc2)n1)c1ccc(Br)cn1. The van der Waals surface area contributed by atoms with Crippen molar-refractivity contribution < 1.29 is 4.79 Å². The van der Waals surface area contributed by atoms with E-state index in [4.69, 9.17) is 0 Å². The first-order chi connectivity index (χ1) is 11.2. The van der Waals surface area contributed by atoms with Gasteiger partial charge in [0, 0.05) is 28.2 Å². The van der Waals surface area contributed by atoms with Crippen LogP contribution in [0.1, 0.15) is 17.4 Å². The summed E-state index contributed by atoms with van der Waals surface area (Å²) in [6.45, 7) is 2.46. The van der Waals surface area contributed by atoms with Crippen LogP contribution in [0.15, 0.2) is 58.5 Å². The van der Waals surface area contributed by atoms with Crippen LogP contribution in [0.5, 0.6) is 0 Å². The quantitative estimate of drug-likeness (QED) is 0.655. The van der Waals surface area contributed by atoms with Crippen molar-refractivity contribution >= 4 is 39.0 Å². The van der Waals surface area contributed by atoms with Gasteiger partial charge in [-0.05, 0) is 35.0 Å². The fourth-order valence-electron chi connectivity index (χ4n) is 2.16. The summed E-state index contributed by atoms with van der Waals surface area (Å²) in [6, 6.07) is 13.5. The molecule has 0 aliphatic heterocycles. The van der Waals surface area contributed by atoms with Crippen LogP contribution in [0, 0.1) is 0 Å². The molecule has 1 amide bonds. The second kappa shape index (κ2) is 7.02. The summed E-state index contributed by atoms with van der Waals surface area (Å²) in [5.41, 5.74) is 1.46. The molecule has 0 atom stereocenters. The molecule has 0 aliphatic rings. The van der Waals surface area contributed by atoms with Crippen molar-refractivity contribution in [2.24, 2.45) is 0 Å². The maximum absolute atomic E-state index is 12.7. The van der Waals surface area contributed by atoms with Gasteiger partial charge in [-0.1, -0.05) is 30.3 Å². The number of anilines is 1. The van der Waals surface area contributed by atoms with Gasteiger partial charge in [-0.3, -0.25) is 9.69 Å². The van der Waals surface area contributed by atoms with Crippen LogP contribution in [0.4, 0.5) is 5.82 Å². The van der Waals surface area contributed by atoms with E-state index >= 15 is 0 Å². The minimum Gasteiger partial charge on any atom is -0.292 e. The Hall–Kier alpha value is -2.05. The highest BCUT2D eigenvalue weighted by Crippen LogP contribution is 2.25. The van der Waals surface area contributed by atoms with E-state index in [1.807, 2.05) is 49.4 Å². The first-order valence-corrected chi connectivity index (χ1v) is 8.80. The van der Waals surface area contributed by atoms with Crippen molar-refractivity contribution in [2.75, 3.05) is 11.4 Å². The third-order valence-corrected chi connectivity index (χ3v) is 4.65. The summed E-state index contributed by atoms with van der Waals surface area (Å²) in [7, 11) is 0. The molecule has 0 spiro atoms. The zero-order chi connectivity index (χ0) is 16.2. The normalized spacial score (nSPS) is 10.5. The van der Waals surface area contributed by atoms with Gasteiger partial charge >= 0.3 is 0 Å². The average molecular weight is 388 g/mol. The number of carbonyl (C=O) groups excluding carboxylic acids is 1. The molecule has 3 aromatic rings. The van der Waals surface area contributed by atoms with Gasteiger partial charge in [0.25, 0.3) is 5.91 Å². The van der Waals surface area contributed by atoms with Crippen molar-refractivity contribution in [3.63, 3.8) is 0 Å². The monoisotopic (exact) mass is 387 g/mol. The van der Waals surface area contributed by atoms with Crippen molar-refractivity contribution in [1.82, 2.24) is 9.97 Å². The maximum Gasteiger partial charge on any atom is 0.278 e. The molecule has 6 heteroatoms. The van der Waals surface area contributed by atoms with Gasteiger partial charge in [-0.25, -0.2) is 9.97 Å². The van der Waals surface area contributed by atoms with E-state index in [0.29, 0.717) is 18.1 Å². The highest BCUT2D eigenvalue weighted by molar-refractivity contribution is 9.10. The van der Waals surface area contributed by atoms with Gasteiger partial charge in [0.2, 0.25) is 0 Å². The molecule has 2 heterocycles. The Morgan fingerprint density at radius 1 is 1.22 bits per heavy atom. The molecule has 0 bridgehead atoms. The fraction of sp³-hybridized carbons (Fsp3) is 0.118. The van der Waals surface area contributed by atoms with Gasteiger partial charge < -0.3 is 0 Å². The first kappa shape index (κ1) is 15.8. The van der Waals surface area contributed by atoms with Crippen molar-refractivity contribution in [1.29, 1.82) is 0 Å². The molecule has 0 unspecified atom stereocenters. The van der Waals surface area contributed by atoms with E-state index in [2.05, 4.69) is 25.9 Å². The molecule has 4 nitrogen and oxygen atoms in total. The van der Waals surface area contributed by atoms with E-state index in [1.54, 1.807) is 16.5 Å². The second-order valence-corrected chi connectivity index (χ2v) is 6.56. The Bertz CT molecular complexity index is 802. The summed E-state index contributed by atoms with van der Waals surface area (Å²) >= 11 is 4.82. The number of halogens is 1. The molecule has 2 aromatic heterocycles. The van der Waals surface area contributed by atoms with Crippen LogP contribution >= 0.6 is 27.3 Å². The number of carbonyl (C=O) groups is 1. The average Bonchev–Trinajstić information content (AvgIpc) is 3.08. The third kappa shape index (κ3) is 3.48. The lowest BCUT2D eigenvalue weighted by atomic mass is 10.2. The summed E-state index contributed by atoms with van der Waals surface area (Å²) in [5.74, 6) is 0.482. The number of amides is 1. The molecule has 0 N–H and O–H groups in total. The molecule has 0 fully saturated rings. The minimum absolute atomic E-state index is 0.138. The van der Waals surface area contributed by atoms with Crippen LogP contribution in [0.2, 0.25) is 0 Å². The smallest absolute Gasteiger partial charge is 0.278 e. The summed E-state index contributed by atoms with van der Waals surface area (Å²) in [5, 5.41) is 2.64. The summed E-state index contributed by atoms with van der Waals surface area (Å²) in [4.78, 5) is 23.1. The van der Waals surface area contributed by atoms with E-state index in [-0.39, 0.29) is 5.91 Å². The molecule has 23 heavy (non-hydrogen) atoms. The van der Waals surface area contributed by atoms with E-state index in [0.717, 1.165) is 15.0 Å². The van der Waals surface area contributed by atoms with Crippen LogP contribution in [0.3, 0.4) is 0 Å². The number of pyridine rings is 1. The topological polar surface area (TPSA) is 46.1 Å². The van der Waals surface area contributed by atoms with Crippen molar-refractivity contribution in [3.8, 4) is 10.6 Å². The lowest BCUT2D eigenvalue weighted by Gasteiger charge is -2.18. The molecule has 1 aromatic carbocycles. The number of rotatable bonds is 4. The molecule has 0 aliphatic carbocycles. The van der Waals surface area contributed by atoms with E-state index in [9.17, 15) is 4.79 Å². The minimum atomic E-state index is -0.138. The Morgan fingerprint density at radius 3 is 2.65 bits per heavy atom. The number of hydrogen-bond acceptors (Lipinski definition) is 4. The maximum atomic E-state index is 12.7. The molecule has 0 saturated carbocycles. The van der Waals surface area contributed by atoms with Gasteiger partial charge in [0.15, 0.2) is 0 Å². The molecule has 3 rings (SSSR count). The molecule has 0 saturated heterocycles. The van der Waals surface area contributed by atoms with Crippen LogP contribution in [-0.4, -0.2) is 22.4 Å². The van der Waals surface area contributed by atoms with Gasteiger partial charge in [0.1, 0.15) is 16.5 Å². The Balaban J connectivity index is 1.87. The summed E-state index contributed by atoms with van der Waals surface area (Å²) in [6.07, 6.45) is 1.68. The number of thiazole rings is 1. The van der Waals surface area contributed by atoms with Crippen LogP contribution in [-0.2, 0) is 0 Å². The zero-order valence-corrected chi connectivity index (χ0v) is 14.8. The number of nitrogens with zero attached hydrogens (tertiary/aromatic N) is 3. The highest BCUT2D eigenvalue weighted by Gasteiger charge is 2.20. The fourth-order valence-corrected chi connectivity index (χ4v) is 3.20. The van der Waals surface area contributed by atoms with Gasteiger partial charge in [-0.2, -0.15) is 0 Å². The van der Waals surface area contributed by atoms with Crippen LogP contribution < -0.4 is 4.90 Å². The Labute approximate surface area is 147 Å². The Morgan fingerprint density at radius 2 is 2.00 bits per heavy atom. The lowest BCUT2D eigenvalue weighted by molar-refractivity contribution is 0.0983. The van der Waals surface area contributed by atoms with Gasteiger partial charge in [-0.15, -0.1) is 11.3 Å². The van der Waals surface area contributed by atoms with E-state index < -0.39 is 0 Å². The lowest BCUT2D eigenvalue weighted by Crippen LogP contribution is -2.31. The number of hydrogen-bond donors (Lipinski definition) is 0. The highest BCUT2D eigenvalue weighted by atomic mass is 79.9. The second-order valence-electron chi connectivity index (χ2n) is 4.79. The number of benzene rings is 1. The number of aromatic nitrogens is 2. The standard InChI is InChI=1S/C17H14BrN3OS/c1-2-21(15-9-8-13(18)10-19-15)17(22)14-11-23-16(20-14)12-6-4-3-5-7-12/h3-11H,2H2,1H3. The summed E-state index contributed by atoms with van der Waals surface area (Å²) < 4.78 is 0.879. The Kier molecular flexibility index (Phi) is 4.83. The zero-order valence-electron chi connectivity index (χ0n) is 12.4. The van der Waals surface area contributed by atoms with Gasteiger partial charge in [0.05, 0.1) is 0 Å². The first-order valence-electron chi connectivity index (χ1n) is 7.13. The third-order valence-electron chi connectivity index (χ3n) is 3.29. The van der Waals surface area contributed by atoms with E-state index in [1.165, 1.54) is 11.3 Å². The van der Waals surface area contributed by atoms with Crippen molar-refractivity contribution in [2.45, 2.75) is 6.92 Å². The van der Waals surface area contributed by atoms with Crippen molar-refractivity contribution in [3.05, 3.63) is 64.2 Å². The molecular formula is C17H14BrN3OS. The predicted molar refractivity (Wildman–Crippen MR) is 96.8 cm³/mol. The molecule has 116 valence electrons. The van der Waals surface area contributed by atoms with Crippen LogP contribution in [0.25, 0.3) is 10.6 Å². The molecular weight excluding hydrogens is 374 g/mol. The predicted octanol–water partition coefficient (Wildman–Crippen LogP) is 4.63. The molecule has 0 radical (unpaired) electrons. The largest absolute Gasteiger partial charge is 0.292 e.